The molecule has 104 valence electrons. The maximum absolute atomic E-state index is 13.5. The van der Waals surface area contributed by atoms with Crippen molar-refractivity contribution in [2.75, 3.05) is 0 Å². The Hall–Kier alpha value is -1.62. The van der Waals surface area contributed by atoms with Crippen LogP contribution in [-0.2, 0) is 4.79 Å². The van der Waals surface area contributed by atoms with Gasteiger partial charge in [0.2, 0.25) is 0 Å². The zero-order valence-corrected chi connectivity index (χ0v) is 11.2. The van der Waals surface area contributed by atoms with Crippen LogP contribution < -0.4 is 5.32 Å². The van der Waals surface area contributed by atoms with Crippen molar-refractivity contribution in [2.24, 2.45) is 0 Å². The molecule has 2 N–H and O–H groups in total. The Balaban J connectivity index is 2.84. The molecule has 1 aromatic rings. The first-order chi connectivity index (χ1) is 8.95. The lowest BCUT2D eigenvalue weighted by Crippen LogP contribution is -2.37. The zero-order valence-electron chi connectivity index (χ0n) is 10.5. The minimum Gasteiger partial charge on any atom is -0.481 e. The van der Waals surface area contributed by atoms with Gasteiger partial charge >= 0.3 is 5.97 Å². The number of amides is 1. The highest BCUT2D eigenvalue weighted by molar-refractivity contribution is 6.33. The van der Waals surface area contributed by atoms with Crippen LogP contribution >= 0.6 is 11.6 Å². The van der Waals surface area contributed by atoms with Crippen LogP contribution in [0.4, 0.5) is 4.39 Å². The maximum Gasteiger partial charge on any atom is 0.305 e. The van der Waals surface area contributed by atoms with Gasteiger partial charge in [-0.3, -0.25) is 9.59 Å². The number of rotatable bonds is 6. The van der Waals surface area contributed by atoms with E-state index in [0.29, 0.717) is 12.8 Å². The van der Waals surface area contributed by atoms with Crippen LogP contribution in [0.5, 0.6) is 0 Å². The van der Waals surface area contributed by atoms with Gasteiger partial charge in [0.15, 0.2) is 0 Å². The molecule has 1 atom stereocenters. The molecule has 0 radical (unpaired) electrons. The molecule has 0 aliphatic carbocycles. The fraction of sp³-hybridized carbons (Fsp3) is 0.385. The van der Waals surface area contributed by atoms with Crippen molar-refractivity contribution in [1.29, 1.82) is 0 Å². The number of carboxylic acids is 1. The third-order valence-corrected chi connectivity index (χ3v) is 2.90. The molecule has 1 aromatic carbocycles. The summed E-state index contributed by atoms with van der Waals surface area (Å²) in [5.41, 5.74) is -0.254. The summed E-state index contributed by atoms with van der Waals surface area (Å²) in [7, 11) is 0. The van der Waals surface area contributed by atoms with Gasteiger partial charge in [0, 0.05) is 6.04 Å². The Morgan fingerprint density at radius 1 is 1.47 bits per heavy atom. The van der Waals surface area contributed by atoms with Crippen LogP contribution in [-0.4, -0.2) is 23.0 Å². The minimum absolute atomic E-state index is 0.00285. The summed E-state index contributed by atoms with van der Waals surface area (Å²) in [6.45, 7) is 1.87. The fourth-order valence-corrected chi connectivity index (χ4v) is 2.01. The highest BCUT2D eigenvalue weighted by atomic mass is 35.5. The molecular weight excluding hydrogens is 273 g/mol. The van der Waals surface area contributed by atoms with E-state index in [9.17, 15) is 14.0 Å². The van der Waals surface area contributed by atoms with Gasteiger partial charge in [-0.05, 0) is 18.6 Å². The number of halogens is 2. The van der Waals surface area contributed by atoms with Gasteiger partial charge in [-0.15, -0.1) is 0 Å². The zero-order chi connectivity index (χ0) is 14.4. The number of hydrogen-bond donors (Lipinski definition) is 2. The molecule has 0 unspecified atom stereocenters. The van der Waals surface area contributed by atoms with E-state index in [1.165, 1.54) is 12.1 Å². The molecule has 0 saturated heterocycles. The van der Waals surface area contributed by atoms with Gasteiger partial charge in [-0.25, -0.2) is 4.39 Å². The van der Waals surface area contributed by atoms with Gasteiger partial charge in [-0.2, -0.15) is 0 Å². The highest BCUT2D eigenvalue weighted by Gasteiger charge is 2.20. The van der Waals surface area contributed by atoms with Crippen molar-refractivity contribution < 1.29 is 19.1 Å². The highest BCUT2D eigenvalue weighted by Crippen LogP contribution is 2.19. The van der Waals surface area contributed by atoms with Crippen molar-refractivity contribution in [1.82, 2.24) is 5.32 Å². The molecule has 4 nitrogen and oxygen atoms in total. The monoisotopic (exact) mass is 287 g/mol. The Labute approximate surface area is 115 Å². The second-order valence-electron chi connectivity index (χ2n) is 4.15. The summed E-state index contributed by atoms with van der Waals surface area (Å²) < 4.78 is 13.5. The summed E-state index contributed by atoms with van der Waals surface area (Å²) in [6.07, 6.45) is 1.01. The predicted octanol–water partition coefficient (Wildman–Crippen LogP) is 2.85. The molecule has 0 fully saturated rings. The Bertz CT molecular complexity index is 459. The number of aliphatic carboxylic acids is 1. The third-order valence-electron chi connectivity index (χ3n) is 2.58. The first kappa shape index (κ1) is 15.4. The topological polar surface area (TPSA) is 66.4 Å². The van der Waals surface area contributed by atoms with E-state index in [1.807, 2.05) is 6.92 Å². The molecule has 0 aromatic heterocycles. The van der Waals surface area contributed by atoms with Crippen molar-refractivity contribution in [3.8, 4) is 0 Å². The van der Waals surface area contributed by atoms with Crippen LogP contribution in [0.25, 0.3) is 0 Å². The molecule has 1 rings (SSSR count). The summed E-state index contributed by atoms with van der Waals surface area (Å²) in [5.74, 6) is -2.43. The van der Waals surface area contributed by atoms with E-state index in [1.54, 1.807) is 0 Å². The summed E-state index contributed by atoms with van der Waals surface area (Å²) in [4.78, 5) is 22.6. The number of benzene rings is 1. The van der Waals surface area contributed by atoms with E-state index in [4.69, 9.17) is 16.7 Å². The van der Waals surface area contributed by atoms with E-state index in [-0.39, 0.29) is 17.0 Å². The van der Waals surface area contributed by atoms with Gasteiger partial charge < -0.3 is 10.4 Å². The van der Waals surface area contributed by atoms with E-state index in [0.717, 1.165) is 6.07 Å². The summed E-state index contributed by atoms with van der Waals surface area (Å²) in [5, 5.41) is 11.3. The van der Waals surface area contributed by atoms with Crippen LogP contribution in [0.3, 0.4) is 0 Å². The Kier molecular flexibility index (Phi) is 5.76. The first-order valence-electron chi connectivity index (χ1n) is 5.92. The molecule has 6 heteroatoms. The van der Waals surface area contributed by atoms with Crippen molar-refractivity contribution >= 4 is 23.5 Å². The van der Waals surface area contributed by atoms with Crippen molar-refractivity contribution in [3.05, 3.63) is 34.6 Å². The molecule has 0 saturated carbocycles. The SMILES string of the molecule is CCC[C@@H](CC(=O)O)NC(=O)c1c(F)cccc1Cl. The predicted molar refractivity (Wildman–Crippen MR) is 69.8 cm³/mol. The van der Waals surface area contributed by atoms with Gasteiger partial charge in [0.1, 0.15) is 5.82 Å². The maximum atomic E-state index is 13.5. The number of nitrogens with one attached hydrogen (secondary N) is 1. The lowest BCUT2D eigenvalue weighted by atomic mass is 10.1. The number of carbonyl (C=O) groups is 2. The standard InChI is InChI=1S/C13H15ClFNO3/c1-2-4-8(7-11(17)18)16-13(19)12-9(14)5-3-6-10(12)15/h3,5-6,8H,2,4,7H2,1H3,(H,16,19)(H,17,18)/t8-/m0/s1. The molecular formula is C13H15ClFNO3. The molecule has 1 amide bonds. The molecule has 0 aliphatic rings. The van der Waals surface area contributed by atoms with Crippen molar-refractivity contribution in [2.45, 2.75) is 32.2 Å². The van der Waals surface area contributed by atoms with Crippen LogP contribution in [0, 0.1) is 5.82 Å². The fourth-order valence-electron chi connectivity index (χ4n) is 1.76. The Morgan fingerprint density at radius 3 is 2.68 bits per heavy atom. The third kappa shape index (κ3) is 4.52. The molecule has 0 bridgehead atoms. The Morgan fingerprint density at radius 2 is 2.16 bits per heavy atom. The lowest BCUT2D eigenvalue weighted by Gasteiger charge is -2.16. The molecule has 0 aliphatic heterocycles. The average Bonchev–Trinajstić information content (AvgIpc) is 2.27. The number of carbonyl (C=O) groups excluding carboxylic acids is 1. The molecule has 0 spiro atoms. The first-order valence-corrected chi connectivity index (χ1v) is 6.30. The number of hydrogen-bond acceptors (Lipinski definition) is 2. The van der Waals surface area contributed by atoms with E-state index < -0.39 is 23.7 Å². The lowest BCUT2D eigenvalue weighted by molar-refractivity contribution is -0.137. The van der Waals surface area contributed by atoms with Crippen LogP contribution in [0.2, 0.25) is 5.02 Å². The van der Waals surface area contributed by atoms with Gasteiger partial charge in [-0.1, -0.05) is 31.0 Å². The minimum atomic E-state index is -1.02. The van der Waals surface area contributed by atoms with E-state index >= 15 is 0 Å². The number of carboxylic acid groups (broad SMARTS) is 1. The van der Waals surface area contributed by atoms with Gasteiger partial charge in [0.05, 0.1) is 17.0 Å². The second-order valence-corrected chi connectivity index (χ2v) is 4.56. The molecule has 19 heavy (non-hydrogen) atoms. The van der Waals surface area contributed by atoms with Crippen molar-refractivity contribution in [3.63, 3.8) is 0 Å². The van der Waals surface area contributed by atoms with Crippen LogP contribution in [0.1, 0.15) is 36.5 Å². The van der Waals surface area contributed by atoms with Crippen LogP contribution in [0.15, 0.2) is 18.2 Å². The quantitative estimate of drug-likeness (QED) is 0.845. The molecule has 0 heterocycles. The largest absolute Gasteiger partial charge is 0.481 e. The van der Waals surface area contributed by atoms with E-state index in [2.05, 4.69) is 5.32 Å². The van der Waals surface area contributed by atoms with Gasteiger partial charge in [0.25, 0.3) is 5.91 Å². The second kappa shape index (κ2) is 7.09. The summed E-state index contributed by atoms with van der Waals surface area (Å²) in [6, 6.07) is 3.40. The average molecular weight is 288 g/mol. The smallest absolute Gasteiger partial charge is 0.305 e. The normalized spacial score (nSPS) is 11.9. The summed E-state index contributed by atoms with van der Waals surface area (Å²) >= 11 is 5.77.